The van der Waals surface area contributed by atoms with Crippen molar-refractivity contribution < 1.29 is 0 Å². The lowest BCUT2D eigenvalue weighted by atomic mass is 10.1. The van der Waals surface area contributed by atoms with Crippen molar-refractivity contribution in [2.24, 2.45) is 5.73 Å². The number of hydrogen-bond donors (Lipinski definition) is 1. The molecule has 2 N–H and O–H groups in total. The summed E-state index contributed by atoms with van der Waals surface area (Å²) < 4.78 is 1.22. The molecule has 18 heavy (non-hydrogen) atoms. The lowest BCUT2D eigenvalue weighted by Gasteiger charge is -2.41. The number of nitrogens with zero attached hydrogens (tertiary/aromatic N) is 1. The second-order valence-corrected chi connectivity index (χ2v) is 8.49. The minimum atomic E-state index is 0.373. The maximum Gasteiger partial charge on any atom is 0.0567 e. The highest BCUT2D eigenvalue weighted by molar-refractivity contribution is 9.10. The van der Waals surface area contributed by atoms with Crippen LogP contribution in [0.4, 0.5) is 0 Å². The first-order valence-corrected chi connectivity index (χ1v) is 9.03. The Hall–Kier alpha value is 0.450. The predicted octanol–water partition coefficient (Wildman–Crippen LogP) is 3.64. The van der Waals surface area contributed by atoms with Gasteiger partial charge in [-0.1, -0.05) is 6.92 Å². The first kappa shape index (κ1) is 14.9. The van der Waals surface area contributed by atoms with Gasteiger partial charge in [0.1, 0.15) is 0 Å². The van der Waals surface area contributed by atoms with Gasteiger partial charge in [-0.15, -0.1) is 11.3 Å². The van der Waals surface area contributed by atoms with E-state index < -0.39 is 0 Å². The molecule has 2 nitrogen and oxygen atoms in total. The molecular formula is C13H21BrN2S2. The third-order valence-corrected chi connectivity index (χ3v) is 7.34. The van der Waals surface area contributed by atoms with Crippen LogP contribution in [-0.2, 0) is 0 Å². The van der Waals surface area contributed by atoms with Crippen LogP contribution in [0, 0.1) is 6.92 Å². The lowest BCUT2D eigenvalue weighted by molar-refractivity contribution is 0.153. The first-order valence-electron chi connectivity index (χ1n) is 6.37. The summed E-state index contributed by atoms with van der Waals surface area (Å²) in [5.41, 5.74) is 6.05. The Morgan fingerprint density at radius 2 is 2.28 bits per heavy atom. The van der Waals surface area contributed by atoms with Gasteiger partial charge in [0.25, 0.3) is 0 Å². The van der Waals surface area contributed by atoms with Gasteiger partial charge in [0.2, 0.25) is 0 Å². The van der Waals surface area contributed by atoms with E-state index in [0.717, 1.165) is 6.54 Å². The van der Waals surface area contributed by atoms with Crippen molar-refractivity contribution in [3.05, 3.63) is 20.3 Å². The van der Waals surface area contributed by atoms with Crippen LogP contribution < -0.4 is 5.73 Å². The van der Waals surface area contributed by atoms with Gasteiger partial charge in [-0.2, -0.15) is 11.8 Å². The van der Waals surface area contributed by atoms with Crippen LogP contribution in [0.15, 0.2) is 10.5 Å². The molecular weight excluding hydrogens is 328 g/mol. The molecule has 2 heterocycles. The highest BCUT2D eigenvalue weighted by atomic mass is 79.9. The van der Waals surface area contributed by atoms with Crippen LogP contribution >= 0.6 is 39.0 Å². The summed E-state index contributed by atoms with van der Waals surface area (Å²) in [5, 5.41) is 0.692. The van der Waals surface area contributed by atoms with Crippen molar-refractivity contribution in [2.75, 3.05) is 18.8 Å². The molecule has 2 rings (SSSR count). The monoisotopic (exact) mass is 348 g/mol. The molecule has 0 aromatic carbocycles. The van der Waals surface area contributed by atoms with Crippen LogP contribution in [-0.4, -0.2) is 35.0 Å². The molecule has 1 aromatic heterocycles. The zero-order chi connectivity index (χ0) is 13.3. The summed E-state index contributed by atoms with van der Waals surface area (Å²) in [4.78, 5) is 5.32. The molecule has 0 radical (unpaired) electrons. The van der Waals surface area contributed by atoms with Crippen molar-refractivity contribution in [3.63, 3.8) is 0 Å². The van der Waals surface area contributed by atoms with Crippen LogP contribution in [0.2, 0.25) is 0 Å². The van der Waals surface area contributed by atoms with Crippen molar-refractivity contribution in [3.8, 4) is 0 Å². The van der Waals surface area contributed by atoms with Gasteiger partial charge < -0.3 is 5.73 Å². The van der Waals surface area contributed by atoms with Gasteiger partial charge >= 0.3 is 0 Å². The molecule has 1 saturated heterocycles. The zero-order valence-corrected chi connectivity index (χ0v) is 14.4. The molecule has 102 valence electrons. The Kier molecular flexibility index (Phi) is 5.17. The molecule has 0 spiro atoms. The standard InChI is InChI=1S/C13H21BrN2S2/c1-8-9(2)17-5-4-16(8)12(7-15)13-6-11(14)10(3)18-13/h6,8-9,12H,4-5,7,15H2,1-3H3. The van der Waals surface area contributed by atoms with E-state index in [9.17, 15) is 0 Å². The molecule has 1 fully saturated rings. The molecule has 3 atom stereocenters. The highest BCUT2D eigenvalue weighted by Gasteiger charge is 2.31. The number of thioether (sulfide) groups is 1. The first-order chi connectivity index (χ1) is 8.54. The Morgan fingerprint density at radius 3 is 2.83 bits per heavy atom. The van der Waals surface area contributed by atoms with Gasteiger partial charge in [0, 0.05) is 44.4 Å². The normalized spacial score (nSPS) is 27.4. The Morgan fingerprint density at radius 1 is 1.56 bits per heavy atom. The summed E-state index contributed by atoms with van der Waals surface area (Å²) in [6.45, 7) is 8.66. The maximum atomic E-state index is 6.05. The molecule has 1 aromatic rings. The van der Waals surface area contributed by atoms with E-state index in [1.54, 1.807) is 0 Å². The number of rotatable bonds is 3. The lowest BCUT2D eigenvalue weighted by Crippen LogP contribution is -2.48. The fourth-order valence-electron chi connectivity index (χ4n) is 2.46. The van der Waals surface area contributed by atoms with E-state index >= 15 is 0 Å². The smallest absolute Gasteiger partial charge is 0.0567 e. The van der Waals surface area contributed by atoms with Gasteiger partial charge in [0.05, 0.1) is 6.04 Å². The highest BCUT2D eigenvalue weighted by Crippen LogP contribution is 2.36. The molecule has 5 heteroatoms. The van der Waals surface area contributed by atoms with Gasteiger partial charge in [0.15, 0.2) is 0 Å². The summed E-state index contributed by atoms with van der Waals surface area (Å²) in [5.74, 6) is 1.22. The number of aryl methyl sites for hydroxylation is 1. The summed E-state index contributed by atoms with van der Waals surface area (Å²) in [6.07, 6.45) is 0. The Balaban J connectivity index is 2.22. The van der Waals surface area contributed by atoms with E-state index in [-0.39, 0.29) is 0 Å². The number of halogens is 1. The van der Waals surface area contributed by atoms with E-state index in [2.05, 4.69) is 59.4 Å². The van der Waals surface area contributed by atoms with Crippen molar-refractivity contribution >= 4 is 39.0 Å². The van der Waals surface area contributed by atoms with Crippen molar-refractivity contribution in [1.29, 1.82) is 0 Å². The van der Waals surface area contributed by atoms with Crippen LogP contribution in [0.5, 0.6) is 0 Å². The second kappa shape index (κ2) is 6.27. The van der Waals surface area contributed by atoms with Gasteiger partial charge in [-0.3, -0.25) is 4.90 Å². The molecule has 3 unspecified atom stereocenters. The van der Waals surface area contributed by atoms with E-state index in [1.807, 2.05) is 11.3 Å². The summed E-state index contributed by atoms with van der Waals surface area (Å²) >= 11 is 7.55. The average Bonchev–Trinajstić information content (AvgIpc) is 2.66. The third kappa shape index (κ3) is 2.96. The molecule has 1 aliphatic heterocycles. The largest absolute Gasteiger partial charge is 0.329 e. The number of hydrogen-bond acceptors (Lipinski definition) is 4. The number of thiophene rings is 1. The SMILES string of the molecule is Cc1sc(C(CN)N2CCSC(C)C2C)cc1Br. The molecule has 1 aliphatic rings. The topological polar surface area (TPSA) is 29.3 Å². The van der Waals surface area contributed by atoms with E-state index in [0.29, 0.717) is 23.9 Å². The Labute approximate surface area is 126 Å². The molecule has 0 aliphatic carbocycles. The second-order valence-electron chi connectivity index (χ2n) is 4.86. The van der Waals surface area contributed by atoms with Crippen LogP contribution in [0.25, 0.3) is 0 Å². The third-order valence-electron chi connectivity index (χ3n) is 3.76. The average molecular weight is 349 g/mol. The Bertz CT molecular complexity index is 388. The van der Waals surface area contributed by atoms with Crippen molar-refractivity contribution in [2.45, 2.75) is 38.1 Å². The molecule has 0 bridgehead atoms. The fraction of sp³-hybridized carbons (Fsp3) is 0.692. The van der Waals surface area contributed by atoms with E-state index in [4.69, 9.17) is 5.73 Å². The maximum absolute atomic E-state index is 6.05. The fourth-order valence-corrected chi connectivity index (χ4v) is 5.28. The predicted molar refractivity (Wildman–Crippen MR) is 86.6 cm³/mol. The van der Waals surface area contributed by atoms with Crippen LogP contribution in [0.3, 0.4) is 0 Å². The summed E-state index contributed by atoms with van der Waals surface area (Å²) in [7, 11) is 0. The molecule has 0 amide bonds. The summed E-state index contributed by atoms with van der Waals surface area (Å²) in [6, 6.07) is 3.22. The van der Waals surface area contributed by atoms with Crippen molar-refractivity contribution in [1.82, 2.24) is 4.90 Å². The van der Waals surface area contributed by atoms with E-state index in [1.165, 1.54) is 20.0 Å². The minimum absolute atomic E-state index is 0.373. The van der Waals surface area contributed by atoms with Crippen LogP contribution in [0.1, 0.15) is 29.6 Å². The van der Waals surface area contributed by atoms with Gasteiger partial charge in [-0.05, 0) is 35.8 Å². The quantitative estimate of drug-likeness (QED) is 0.903. The molecule has 0 saturated carbocycles. The van der Waals surface area contributed by atoms with Gasteiger partial charge in [-0.25, -0.2) is 0 Å². The number of nitrogens with two attached hydrogens (primary N) is 1. The zero-order valence-electron chi connectivity index (χ0n) is 11.1. The minimum Gasteiger partial charge on any atom is -0.329 e.